The van der Waals surface area contributed by atoms with E-state index in [0.29, 0.717) is 20.6 Å². The van der Waals surface area contributed by atoms with Gasteiger partial charge in [-0.3, -0.25) is 9.36 Å². The summed E-state index contributed by atoms with van der Waals surface area (Å²) in [6.07, 6.45) is 3.88. The molecule has 9 heteroatoms. The number of thiazole rings is 1. The van der Waals surface area contributed by atoms with Gasteiger partial charge in [0, 0.05) is 9.77 Å². The second-order valence-corrected chi connectivity index (χ2v) is 11.1. The van der Waals surface area contributed by atoms with Gasteiger partial charge in [0.1, 0.15) is 0 Å². The first kappa shape index (κ1) is 22.3. The number of esters is 1. The zero-order valence-electron chi connectivity index (χ0n) is 17.0. The van der Waals surface area contributed by atoms with Gasteiger partial charge in [0.2, 0.25) is 0 Å². The number of carbonyl (C=O) groups excluding carboxylic acids is 1. The molecule has 5 nitrogen and oxygen atoms in total. The molecule has 3 aromatic rings. The molecule has 3 heterocycles. The van der Waals surface area contributed by atoms with Crippen molar-refractivity contribution in [2.75, 3.05) is 12.9 Å². The summed E-state index contributed by atoms with van der Waals surface area (Å²) in [5.41, 5.74) is 1.66. The molecule has 0 spiro atoms. The Kier molecular flexibility index (Phi) is 6.66. The predicted molar refractivity (Wildman–Crippen MR) is 131 cm³/mol. The third-order valence-electron chi connectivity index (χ3n) is 4.82. The van der Waals surface area contributed by atoms with Crippen LogP contribution in [0.1, 0.15) is 30.3 Å². The maximum atomic E-state index is 13.5. The minimum absolute atomic E-state index is 0.165. The van der Waals surface area contributed by atoms with Gasteiger partial charge >= 0.3 is 5.97 Å². The number of carbonyl (C=O) groups is 1. The van der Waals surface area contributed by atoms with E-state index >= 15 is 0 Å². The van der Waals surface area contributed by atoms with Crippen LogP contribution in [0.4, 0.5) is 0 Å². The third kappa shape index (κ3) is 4.37. The minimum atomic E-state index is -0.580. The Labute approximate surface area is 199 Å². The Hall–Kier alpha value is -1.94. The van der Waals surface area contributed by atoms with Crippen molar-refractivity contribution in [1.82, 2.24) is 4.57 Å². The molecule has 1 aromatic carbocycles. The van der Waals surface area contributed by atoms with E-state index in [-0.39, 0.29) is 12.2 Å². The van der Waals surface area contributed by atoms with Crippen LogP contribution in [0.15, 0.2) is 66.1 Å². The van der Waals surface area contributed by atoms with Gasteiger partial charge in [-0.15, -0.1) is 23.1 Å². The average molecular weight is 536 g/mol. The van der Waals surface area contributed by atoms with Crippen molar-refractivity contribution in [2.24, 2.45) is 4.99 Å². The number of thioether (sulfide) groups is 1. The van der Waals surface area contributed by atoms with Crippen LogP contribution >= 0.6 is 50.4 Å². The van der Waals surface area contributed by atoms with Crippen LogP contribution in [0.5, 0.6) is 0 Å². The first-order chi connectivity index (χ1) is 14.9. The normalized spacial score (nSPS) is 16.3. The zero-order chi connectivity index (χ0) is 22.1. The van der Waals surface area contributed by atoms with Crippen molar-refractivity contribution >= 4 is 62.4 Å². The Morgan fingerprint density at radius 2 is 2.00 bits per heavy atom. The standard InChI is InChI=1S/C22H19BrN2O3S3/c1-4-28-21(27)18-12(2)24-22-25(19(18)13-5-7-14(29-3)8-6-13)20(26)16(31-22)11-15-9-10-17(23)30-15/h5-11,19H,4H2,1-3H3/t19-/m1/s1. The molecule has 1 aliphatic heterocycles. The molecule has 2 aromatic heterocycles. The van der Waals surface area contributed by atoms with Gasteiger partial charge < -0.3 is 4.74 Å². The van der Waals surface area contributed by atoms with Gasteiger partial charge in [0.25, 0.3) is 5.56 Å². The molecule has 0 radical (unpaired) electrons. The summed E-state index contributed by atoms with van der Waals surface area (Å²) >= 11 is 7.98. The molecule has 4 rings (SSSR count). The van der Waals surface area contributed by atoms with Gasteiger partial charge in [-0.2, -0.15) is 0 Å². The van der Waals surface area contributed by atoms with Gasteiger partial charge in [0.15, 0.2) is 4.80 Å². The second kappa shape index (κ2) is 9.28. The summed E-state index contributed by atoms with van der Waals surface area (Å²) in [5, 5.41) is 0. The molecule has 0 unspecified atom stereocenters. The lowest BCUT2D eigenvalue weighted by molar-refractivity contribution is -0.139. The lowest BCUT2D eigenvalue weighted by Crippen LogP contribution is -2.39. The van der Waals surface area contributed by atoms with Crippen LogP contribution in [-0.2, 0) is 9.53 Å². The SMILES string of the molecule is CCOC(=O)C1=C(C)N=c2sc(=Cc3ccc(Br)s3)c(=O)n2[C@@H]1c1ccc(SC)cc1. The van der Waals surface area contributed by atoms with Crippen molar-refractivity contribution in [2.45, 2.75) is 24.8 Å². The number of halogens is 1. The van der Waals surface area contributed by atoms with Gasteiger partial charge in [-0.1, -0.05) is 23.5 Å². The van der Waals surface area contributed by atoms with E-state index in [0.717, 1.165) is 19.1 Å². The lowest BCUT2D eigenvalue weighted by Gasteiger charge is -2.24. The number of benzene rings is 1. The highest BCUT2D eigenvalue weighted by atomic mass is 79.9. The van der Waals surface area contributed by atoms with Crippen LogP contribution in [0.3, 0.4) is 0 Å². The van der Waals surface area contributed by atoms with E-state index in [1.165, 1.54) is 11.3 Å². The number of thiophene rings is 1. The fourth-order valence-corrected chi connectivity index (χ4v) is 6.32. The third-order valence-corrected chi connectivity index (χ3v) is 8.11. The number of nitrogens with zero attached hydrogens (tertiary/aromatic N) is 2. The van der Waals surface area contributed by atoms with Crippen LogP contribution in [-0.4, -0.2) is 23.4 Å². The molecule has 0 saturated heterocycles. The first-order valence-corrected chi connectivity index (χ1v) is 13.2. The van der Waals surface area contributed by atoms with Gasteiger partial charge in [-0.05, 0) is 71.9 Å². The monoisotopic (exact) mass is 534 g/mol. The number of allylic oxidation sites excluding steroid dienone is 1. The largest absolute Gasteiger partial charge is 0.463 e. The van der Waals surface area contributed by atoms with Crippen LogP contribution in [0.25, 0.3) is 6.08 Å². The zero-order valence-corrected chi connectivity index (χ0v) is 21.1. The Morgan fingerprint density at radius 1 is 1.26 bits per heavy atom. The van der Waals surface area contributed by atoms with Crippen LogP contribution in [0.2, 0.25) is 0 Å². The van der Waals surface area contributed by atoms with Crippen molar-refractivity contribution in [3.05, 3.63) is 81.6 Å². The number of fused-ring (bicyclic) bond motifs is 1. The summed E-state index contributed by atoms with van der Waals surface area (Å²) in [7, 11) is 0. The van der Waals surface area contributed by atoms with Crippen LogP contribution < -0.4 is 14.9 Å². The van der Waals surface area contributed by atoms with Crippen molar-refractivity contribution < 1.29 is 9.53 Å². The molecule has 1 aliphatic rings. The Bertz CT molecular complexity index is 1350. The average Bonchev–Trinajstić information content (AvgIpc) is 3.30. The Balaban J connectivity index is 1.94. The highest BCUT2D eigenvalue weighted by Crippen LogP contribution is 2.31. The molecule has 0 fully saturated rings. The van der Waals surface area contributed by atoms with Crippen molar-refractivity contribution in [1.29, 1.82) is 0 Å². The Morgan fingerprint density at radius 3 is 2.61 bits per heavy atom. The molecule has 0 N–H and O–H groups in total. The summed E-state index contributed by atoms with van der Waals surface area (Å²) in [5.74, 6) is -0.445. The molecule has 31 heavy (non-hydrogen) atoms. The number of aromatic nitrogens is 1. The molecule has 160 valence electrons. The summed E-state index contributed by atoms with van der Waals surface area (Å²) in [4.78, 5) is 33.6. The molecule has 0 bridgehead atoms. The van der Waals surface area contributed by atoms with E-state index in [2.05, 4.69) is 20.9 Å². The number of hydrogen-bond acceptors (Lipinski definition) is 7. The molecule has 1 atom stereocenters. The smallest absolute Gasteiger partial charge is 0.338 e. The maximum absolute atomic E-state index is 13.5. The van der Waals surface area contributed by atoms with E-state index < -0.39 is 12.0 Å². The fourth-order valence-electron chi connectivity index (χ4n) is 3.43. The fraction of sp³-hybridized carbons (Fsp3) is 0.227. The van der Waals surface area contributed by atoms with Crippen molar-refractivity contribution in [3.63, 3.8) is 0 Å². The number of ether oxygens (including phenoxy) is 1. The molecular formula is C22H19BrN2O3S3. The molecular weight excluding hydrogens is 516 g/mol. The number of hydrogen-bond donors (Lipinski definition) is 0. The van der Waals surface area contributed by atoms with Gasteiger partial charge in [0.05, 0.1) is 32.2 Å². The minimum Gasteiger partial charge on any atom is -0.463 e. The van der Waals surface area contributed by atoms with Crippen molar-refractivity contribution in [3.8, 4) is 0 Å². The highest BCUT2D eigenvalue weighted by Gasteiger charge is 2.33. The van der Waals surface area contributed by atoms with E-state index in [1.54, 1.807) is 41.5 Å². The lowest BCUT2D eigenvalue weighted by atomic mass is 9.96. The molecule has 0 saturated carbocycles. The molecule has 0 amide bonds. The summed E-state index contributed by atoms with van der Waals surface area (Å²) in [6, 6.07) is 11.2. The van der Waals surface area contributed by atoms with E-state index in [4.69, 9.17) is 4.74 Å². The number of rotatable bonds is 5. The van der Waals surface area contributed by atoms with E-state index in [9.17, 15) is 9.59 Å². The molecule has 0 aliphatic carbocycles. The van der Waals surface area contributed by atoms with Crippen LogP contribution in [0, 0.1) is 0 Å². The quantitative estimate of drug-likeness (QED) is 0.360. The first-order valence-electron chi connectivity index (χ1n) is 9.52. The summed E-state index contributed by atoms with van der Waals surface area (Å²) in [6.45, 7) is 3.82. The highest BCUT2D eigenvalue weighted by molar-refractivity contribution is 9.11. The maximum Gasteiger partial charge on any atom is 0.338 e. The van der Waals surface area contributed by atoms with E-state index in [1.807, 2.05) is 48.7 Å². The van der Waals surface area contributed by atoms with Gasteiger partial charge in [-0.25, -0.2) is 9.79 Å². The summed E-state index contributed by atoms with van der Waals surface area (Å²) < 4.78 is 8.52. The second-order valence-electron chi connectivity index (χ2n) is 6.72. The topological polar surface area (TPSA) is 60.7 Å². The predicted octanol–water partition coefficient (Wildman–Crippen LogP) is 4.34.